The topological polar surface area (TPSA) is 171 Å². The highest BCUT2D eigenvalue weighted by Crippen LogP contribution is 2.23. The van der Waals surface area contributed by atoms with Crippen LogP contribution in [0.4, 0.5) is 17.1 Å². The molecule has 438 valence electrons. The zero-order valence-corrected chi connectivity index (χ0v) is 48.3. The lowest BCUT2D eigenvalue weighted by atomic mass is 10.1. The van der Waals surface area contributed by atoms with E-state index >= 15 is 0 Å². The predicted octanol–water partition coefficient (Wildman–Crippen LogP) is 15.4. The molecule has 0 bridgehead atoms. The maximum Gasteiger partial charge on any atom is 0.338 e. The van der Waals surface area contributed by atoms with Gasteiger partial charge in [0.25, 0.3) is 0 Å². The molecule has 0 radical (unpaired) electrons. The molecule has 0 spiro atoms. The van der Waals surface area contributed by atoms with Crippen LogP contribution in [-0.4, -0.2) is 96.0 Å². The van der Waals surface area contributed by atoms with Gasteiger partial charge in [0, 0.05) is 18.6 Å². The van der Waals surface area contributed by atoms with Gasteiger partial charge in [-0.05, 0) is 238 Å². The predicted molar refractivity (Wildman–Crippen MR) is 329 cm³/mol. The van der Waals surface area contributed by atoms with E-state index in [9.17, 15) is 14.4 Å². The monoisotopic (exact) mass is 1140 g/mol. The number of rotatable bonds is 36. The summed E-state index contributed by atoms with van der Waals surface area (Å²) in [5.41, 5.74) is 5.29. The first-order chi connectivity index (χ1) is 41.2. The summed E-state index contributed by atoms with van der Waals surface area (Å²) in [6.07, 6.45) is 11.6. The van der Waals surface area contributed by atoms with Gasteiger partial charge in [0.05, 0.1) is 93.2 Å². The summed E-state index contributed by atoms with van der Waals surface area (Å²) in [7, 11) is 0. The second-order valence-corrected chi connectivity index (χ2v) is 19.4. The second kappa shape index (κ2) is 35.6. The van der Waals surface area contributed by atoms with Gasteiger partial charge in [-0.15, -0.1) is 0 Å². The van der Waals surface area contributed by atoms with Crippen LogP contribution < -0.4 is 28.4 Å². The van der Waals surface area contributed by atoms with E-state index in [1.807, 2.05) is 146 Å². The summed E-state index contributed by atoms with van der Waals surface area (Å²) < 4.78 is 51.5. The van der Waals surface area contributed by atoms with Crippen LogP contribution in [0.1, 0.15) is 126 Å². The maximum atomic E-state index is 13.4. The molecule has 0 unspecified atom stereocenters. The standard InChI is InChI=1S/C69H75N3O12/c1-4-37-76-61-25-13-52(14-26-61)49-70-58-19-31-64(32-20-58)79-40-7-10-43-82-67(73)55-46-56(68(74)83-44-11-8-41-80-65-33-21-59(22-34-65)71-50-53-15-27-62(28-16-53)77-38-5-2)48-57(47-55)69(75)84-45-12-9-42-81-66-35-23-60(24-36-66)72-51-54-17-29-63(30-18-54)78-39-6-3/h13-36,46-51H,4-12,37-45H2,1-3H3. The third kappa shape index (κ3) is 22.6. The van der Waals surface area contributed by atoms with Crippen LogP contribution in [0.15, 0.2) is 179 Å². The zero-order chi connectivity index (χ0) is 58.8. The van der Waals surface area contributed by atoms with Crippen molar-refractivity contribution in [2.75, 3.05) is 59.5 Å². The van der Waals surface area contributed by atoms with E-state index in [1.54, 1.807) is 18.6 Å². The quantitative estimate of drug-likeness (QED) is 0.0158. The average molecular weight is 1140 g/mol. The van der Waals surface area contributed by atoms with Crippen molar-refractivity contribution < 1.29 is 57.0 Å². The Bertz CT molecular complexity index is 2810. The van der Waals surface area contributed by atoms with Crippen molar-refractivity contribution in [1.29, 1.82) is 0 Å². The van der Waals surface area contributed by atoms with E-state index in [0.717, 1.165) is 70.3 Å². The first kappa shape index (κ1) is 62.4. The molecular formula is C69H75N3O12. The summed E-state index contributed by atoms with van der Waals surface area (Å²) in [5, 5.41) is 0. The molecule has 0 saturated heterocycles. The van der Waals surface area contributed by atoms with Crippen LogP contribution in [0.3, 0.4) is 0 Å². The van der Waals surface area contributed by atoms with Gasteiger partial charge in [-0.25, -0.2) is 14.4 Å². The molecule has 15 heteroatoms. The van der Waals surface area contributed by atoms with Gasteiger partial charge in [-0.1, -0.05) is 20.8 Å². The Hall–Kier alpha value is -9.24. The zero-order valence-electron chi connectivity index (χ0n) is 48.3. The highest BCUT2D eigenvalue weighted by Gasteiger charge is 2.19. The molecule has 0 aliphatic carbocycles. The fourth-order valence-corrected chi connectivity index (χ4v) is 7.85. The van der Waals surface area contributed by atoms with Crippen LogP contribution in [0, 0.1) is 0 Å². The van der Waals surface area contributed by atoms with E-state index in [1.165, 1.54) is 18.2 Å². The lowest BCUT2D eigenvalue weighted by Gasteiger charge is -2.11. The highest BCUT2D eigenvalue weighted by atomic mass is 16.5. The average Bonchev–Trinajstić information content (AvgIpc) is 3.68. The summed E-state index contributed by atoms with van der Waals surface area (Å²) in [6.45, 7) is 9.71. The van der Waals surface area contributed by atoms with Crippen molar-refractivity contribution in [2.24, 2.45) is 15.0 Å². The lowest BCUT2D eigenvalue weighted by molar-refractivity contribution is 0.0490. The van der Waals surface area contributed by atoms with Crippen LogP contribution in [-0.2, 0) is 14.2 Å². The number of hydrogen-bond donors (Lipinski definition) is 0. The number of benzene rings is 7. The van der Waals surface area contributed by atoms with Crippen molar-refractivity contribution in [3.05, 3.63) is 197 Å². The Morgan fingerprint density at radius 2 is 0.512 bits per heavy atom. The summed E-state index contributed by atoms with van der Waals surface area (Å²) in [4.78, 5) is 54.0. The van der Waals surface area contributed by atoms with Crippen LogP contribution in [0.2, 0.25) is 0 Å². The molecule has 7 rings (SSSR count). The smallest absolute Gasteiger partial charge is 0.338 e. The van der Waals surface area contributed by atoms with Gasteiger partial charge < -0.3 is 42.6 Å². The summed E-state index contributed by atoms with van der Waals surface area (Å²) >= 11 is 0. The first-order valence-electron chi connectivity index (χ1n) is 28.9. The largest absolute Gasteiger partial charge is 0.494 e. The van der Waals surface area contributed by atoms with Gasteiger partial charge in [0.15, 0.2) is 0 Å². The molecule has 0 amide bonds. The SMILES string of the molecule is CCCOc1ccc(C=Nc2ccc(OCCCCOC(=O)c3cc(C(=O)OCCCCOc4ccc(N=Cc5ccc(OCCC)cc5)cc4)cc(C(=O)OCCCCOc4ccc(N=Cc5ccc(OCCC)cc5)cc4)c3)cc2)cc1. The van der Waals surface area contributed by atoms with E-state index in [-0.39, 0.29) is 36.5 Å². The fourth-order valence-electron chi connectivity index (χ4n) is 7.85. The third-order valence-electron chi connectivity index (χ3n) is 12.4. The van der Waals surface area contributed by atoms with E-state index < -0.39 is 17.9 Å². The number of esters is 3. The van der Waals surface area contributed by atoms with Gasteiger partial charge in [0.2, 0.25) is 0 Å². The molecule has 0 N–H and O–H groups in total. The van der Waals surface area contributed by atoms with Gasteiger partial charge in [-0.3, -0.25) is 15.0 Å². The second-order valence-electron chi connectivity index (χ2n) is 19.4. The molecule has 0 aromatic heterocycles. The minimum atomic E-state index is -0.698. The van der Waals surface area contributed by atoms with Gasteiger partial charge >= 0.3 is 17.9 Å². The number of ether oxygens (including phenoxy) is 9. The Balaban J connectivity index is 0.847. The minimum Gasteiger partial charge on any atom is -0.494 e. The molecule has 7 aromatic rings. The minimum absolute atomic E-state index is 0.0155. The molecule has 0 aliphatic heterocycles. The van der Waals surface area contributed by atoms with Crippen molar-refractivity contribution in [3.63, 3.8) is 0 Å². The molecule has 84 heavy (non-hydrogen) atoms. The van der Waals surface area contributed by atoms with Crippen LogP contribution in [0.5, 0.6) is 34.5 Å². The highest BCUT2D eigenvalue weighted by molar-refractivity contribution is 6.00. The van der Waals surface area contributed by atoms with Crippen molar-refractivity contribution >= 4 is 53.6 Å². The Labute approximate surface area is 493 Å². The van der Waals surface area contributed by atoms with Crippen LogP contribution >= 0.6 is 0 Å². The number of nitrogens with zero attached hydrogens (tertiary/aromatic N) is 3. The van der Waals surface area contributed by atoms with Crippen LogP contribution in [0.25, 0.3) is 0 Å². The molecule has 0 aliphatic rings. The Morgan fingerprint density at radius 3 is 0.750 bits per heavy atom. The normalized spacial score (nSPS) is 11.2. The van der Waals surface area contributed by atoms with Gasteiger partial charge in [-0.2, -0.15) is 0 Å². The van der Waals surface area contributed by atoms with E-state index in [4.69, 9.17) is 42.6 Å². The molecular weight excluding hydrogens is 1060 g/mol. The Morgan fingerprint density at radius 1 is 0.298 bits per heavy atom. The maximum absolute atomic E-state index is 13.4. The summed E-state index contributed by atoms with van der Waals surface area (Å²) in [6, 6.07) is 49.9. The molecule has 15 nitrogen and oxygen atoms in total. The van der Waals surface area contributed by atoms with Crippen molar-refractivity contribution in [3.8, 4) is 34.5 Å². The fraction of sp³-hybridized carbons (Fsp3) is 0.304. The van der Waals surface area contributed by atoms with Gasteiger partial charge in [0.1, 0.15) is 34.5 Å². The number of unbranched alkanes of at least 4 members (excludes halogenated alkanes) is 3. The molecule has 0 heterocycles. The molecule has 0 saturated carbocycles. The third-order valence-corrected chi connectivity index (χ3v) is 12.4. The molecule has 0 fully saturated rings. The molecule has 7 aromatic carbocycles. The van der Waals surface area contributed by atoms with Crippen molar-refractivity contribution in [2.45, 2.75) is 78.6 Å². The first-order valence-corrected chi connectivity index (χ1v) is 28.9. The number of aliphatic imine (C=N–C) groups is 3. The Kier molecular flexibility index (Phi) is 26.4. The molecule has 0 atom stereocenters. The van der Waals surface area contributed by atoms with Crippen molar-refractivity contribution in [1.82, 2.24) is 0 Å². The number of carbonyl (C=O) groups is 3. The van der Waals surface area contributed by atoms with E-state index in [0.29, 0.717) is 95.4 Å². The number of hydrogen-bond acceptors (Lipinski definition) is 15. The number of carbonyl (C=O) groups excluding carboxylic acids is 3. The van der Waals surface area contributed by atoms with E-state index in [2.05, 4.69) is 35.7 Å². The lowest BCUT2D eigenvalue weighted by Crippen LogP contribution is -2.15. The summed E-state index contributed by atoms with van der Waals surface area (Å²) in [5.74, 6) is 2.47.